The number of rotatable bonds is 8. The SMILES string of the molecule is CC.CCC1(C)c2cc(C(CNCC3CC(C)(C)NC3(C)C)SN=O)ccc2C(C)(C)N1O. The standard InChI is InChI=1S/C24H40N4O2S.C2H6/c1-9-24(8)19-12-16(10-11-18(19)23(6,7)28(24)30)20(31-27-29)15-25-14-17-13-21(2,3)26-22(17,4)5;1-2/h10-12,17,20,25-26,30H,9,13-15H2,1-8H3;1-2H3. The zero-order chi connectivity index (χ0) is 25.2. The monoisotopic (exact) mass is 478 g/mol. The first-order chi connectivity index (χ1) is 15.3. The van der Waals surface area contributed by atoms with E-state index in [4.69, 9.17) is 0 Å². The van der Waals surface area contributed by atoms with E-state index in [0.29, 0.717) is 12.5 Å². The van der Waals surface area contributed by atoms with Crippen LogP contribution in [0.3, 0.4) is 0 Å². The van der Waals surface area contributed by atoms with Gasteiger partial charge in [0.2, 0.25) is 0 Å². The van der Waals surface area contributed by atoms with Gasteiger partial charge in [-0.3, -0.25) is 0 Å². The van der Waals surface area contributed by atoms with Gasteiger partial charge in [0, 0.05) is 34.2 Å². The number of nitrogens with one attached hydrogen (secondary N) is 2. The minimum Gasteiger partial charge on any atom is -0.315 e. The van der Waals surface area contributed by atoms with E-state index >= 15 is 0 Å². The largest absolute Gasteiger partial charge is 0.315 e. The van der Waals surface area contributed by atoms with Gasteiger partial charge in [-0.05, 0) is 90.5 Å². The molecule has 1 aromatic carbocycles. The van der Waals surface area contributed by atoms with Crippen molar-refractivity contribution in [3.8, 4) is 0 Å². The van der Waals surface area contributed by atoms with Gasteiger partial charge in [0.1, 0.15) is 0 Å². The van der Waals surface area contributed by atoms with Crippen molar-refractivity contribution in [3.05, 3.63) is 39.8 Å². The molecule has 2 aliphatic heterocycles. The van der Waals surface area contributed by atoms with Gasteiger partial charge in [0.05, 0.1) is 16.3 Å². The molecule has 6 nitrogen and oxygen atoms in total. The molecule has 0 amide bonds. The minimum atomic E-state index is -0.448. The lowest BCUT2D eigenvalue weighted by Gasteiger charge is -2.37. The van der Waals surface area contributed by atoms with Crippen LogP contribution in [0.2, 0.25) is 0 Å². The second-order valence-electron chi connectivity index (χ2n) is 11.3. The van der Waals surface area contributed by atoms with Crippen LogP contribution in [0.25, 0.3) is 0 Å². The van der Waals surface area contributed by atoms with Gasteiger partial charge in [0.15, 0.2) is 0 Å². The average Bonchev–Trinajstić information content (AvgIpc) is 3.06. The fraction of sp³-hybridized carbons (Fsp3) is 0.769. The Kier molecular flexibility index (Phi) is 8.84. The van der Waals surface area contributed by atoms with Crippen molar-refractivity contribution < 1.29 is 5.21 Å². The summed E-state index contributed by atoms with van der Waals surface area (Å²) in [6.07, 6.45) is 1.91. The second kappa shape index (κ2) is 10.3. The van der Waals surface area contributed by atoms with Crippen molar-refractivity contribution in [2.24, 2.45) is 10.5 Å². The molecule has 7 heteroatoms. The quantitative estimate of drug-likeness (QED) is 0.293. The predicted octanol–water partition coefficient (Wildman–Crippen LogP) is 6.49. The highest BCUT2D eigenvalue weighted by molar-refractivity contribution is 7.98. The van der Waals surface area contributed by atoms with Crippen molar-refractivity contribution >= 4 is 11.9 Å². The molecule has 3 unspecified atom stereocenters. The molecule has 2 aliphatic rings. The number of hydroxylamine groups is 2. The van der Waals surface area contributed by atoms with Gasteiger partial charge >= 0.3 is 0 Å². The lowest BCUT2D eigenvalue weighted by Crippen LogP contribution is -2.46. The molecule has 0 aromatic heterocycles. The topological polar surface area (TPSA) is 77.0 Å². The van der Waals surface area contributed by atoms with Crippen LogP contribution in [0, 0.1) is 10.8 Å². The average molecular weight is 479 g/mol. The molecule has 0 aliphatic carbocycles. The first kappa shape index (κ1) is 28.2. The molecule has 0 radical (unpaired) electrons. The Morgan fingerprint density at radius 3 is 2.33 bits per heavy atom. The molecule has 188 valence electrons. The van der Waals surface area contributed by atoms with Gasteiger partial charge in [0.25, 0.3) is 0 Å². The molecule has 0 saturated carbocycles. The number of hydrogen-bond donors (Lipinski definition) is 3. The Hall–Kier alpha value is -0.990. The Labute approximate surface area is 205 Å². The highest BCUT2D eigenvalue weighted by atomic mass is 32.2. The molecular weight excluding hydrogens is 432 g/mol. The molecule has 1 aromatic rings. The highest BCUT2D eigenvalue weighted by Crippen LogP contribution is 2.50. The third-order valence-electron chi connectivity index (χ3n) is 7.67. The molecule has 2 heterocycles. The third-order valence-corrected chi connectivity index (χ3v) is 8.45. The van der Waals surface area contributed by atoms with Crippen molar-refractivity contribution in [2.75, 3.05) is 13.1 Å². The second-order valence-corrected chi connectivity index (χ2v) is 12.2. The lowest BCUT2D eigenvalue weighted by molar-refractivity contribution is -0.222. The Morgan fingerprint density at radius 2 is 1.82 bits per heavy atom. The maximum absolute atomic E-state index is 11.2. The summed E-state index contributed by atoms with van der Waals surface area (Å²) >= 11 is 1.08. The van der Waals surface area contributed by atoms with Crippen LogP contribution >= 0.6 is 11.9 Å². The van der Waals surface area contributed by atoms with Crippen LogP contribution in [0.15, 0.2) is 22.8 Å². The first-order valence-corrected chi connectivity index (χ1v) is 13.2. The number of nitrogens with zero attached hydrogens (tertiary/aromatic N) is 2. The van der Waals surface area contributed by atoms with Gasteiger partial charge in [-0.2, -0.15) is 5.06 Å². The molecule has 0 bridgehead atoms. The van der Waals surface area contributed by atoms with Gasteiger partial charge < -0.3 is 15.8 Å². The molecule has 0 spiro atoms. The number of nitroso groups, excluding NO2 is 1. The number of benzene rings is 1. The fourth-order valence-corrected chi connectivity index (χ4v) is 6.37. The van der Waals surface area contributed by atoms with Crippen LogP contribution in [0.5, 0.6) is 0 Å². The summed E-state index contributed by atoms with van der Waals surface area (Å²) in [6.45, 7) is 22.9. The van der Waals surface area contributed by atoms with Crippen LogP contribution in [0.4, 0.5) is 0 Å². The summed E-state index contributed by atoms with van der Waals surface area (Å²) in [7, 11) is 0. The summed E-state index contributed by atoms with van der Waals surface area (Å²) in [5.74, 6) is 0.518. The van der Waals surface area contributed by atoms with E-state index in [0.717, 1.165) is 48.0 Å². The molecule has 1 fully saturated rings. The van der Waals surface area contributed by atoms with Crippen molar-refractivity contribution in [1.29, 1.82) is 0 Å². The maximum atomic E-state index is 11.2. The number of hydrogen-bond acceptors (Lipinski definition) is 7. The molecule has 3 N–H and O–H groups in total. The van der Waals surface area contributed by atoms with E-state index in [-0.39, 0.29) is 16.3 Å². The summed E-state index contributed by atoms with van der Waals surface area (Å²) in [5, 5.41) is 19.7. The third kappa shape index (κ3) is 5.48. The molecule has 1 saturated heterocycles. The van der Waals surface area contributed by atoms with Crippen LogP contribution in [-0.4, -0.2) is 34.4 Å². The molecular formula is C26H46N4O2S. The van der Waals surface area contributed by atoms with E-state index < -0.39 is 11.1 Å². The van der Waals surface area contributed by atoms with Crippen molar-refractivity contribution in [2.45, 2.75) is 109 Å². The van der Waals surface area contributed by atoms with E-state index in [2.05, 4.69) is 75.0 Å². The Bertz CT molecular complexity index is 827. The van der Waals surface area contributed by atoms with E-state index in [1.165, 1.54) is 5.06 Å². The number of fused-ring (bicyclic) bond motifs is 1. The smallest absolute Gasteiger partial charge is 0.0691 e. The molecule has 33 heavy (non-hydrogen) atoms. The fourth-order valence-electron chi connectivity index (χ4n) is 5.81. The summed E-state index contributed by atoms with van der Waals surface area (Å²) in [6, 6.07) is 6.37. The molecule has 3 atom stereocenters. The zero-order valence-corrected chi connectivity index (χ0v) is 23.2. The van der Waals surface area contributed by atoms with Gasteiger partial charge in [-0.25, -0.2) is 0 Å². The van der Waals surface area contributed by atoms with E-state index in [1.54, 1.807) is 0 Å². The molecule has 3 rings (SSSR count). The minimum absolute atomic E-state index is 0.0646. The van der Waals surface area contributed by atoms with E-state index in [1.807, 2.05) is 27.7 Å². The highest BCUT2D eigenvalue weighted by Gasteiger charge is 2.50. The van der Waals surface area contributed by atoms with Gasteiger partial charge in [-0.1, -0.05) is 39.0 Å². The van der Waals surface area contributed by atoms with Crippen molar-refractivity contribution in [3.63, 3.8) is 0 Å². The van der Waals surface area contributed by atoms with Crippen LogP contribution < -0.4 is 10.6 Å². The predicted molar refractivity (Wildman–Crippen MR) is 140 cm³/mol. The van der Waals surface area contributed by atoms with Gasteiger partial charge in [-0.15, -0.1) is 4.91 Å². The summed E-state index contributed by atoms with van der Waals surface area (Å²) in [4.78, 5) is 11.2. The Balaban J connectivity index is 0.00000187. The zero-order valence-electron chi connectivity index (χ0n) is 22.4. The van der Waals surface area contributed by atoms with Crippen LogP contribution in [-0.2, 0) is 11.1 Å². The maximum Gasteiger partial charge on any atom is 0.0691 e. The van der Waals surface area contributed by atoms with Crippen LogP contribution in [0.1, 0.15) is 104 Å². The lowest BCUT2D eigenvalue weighted by atomic mass is 9.86. The normalized spacial score (nSPS) is 28.0. The van der Waals surface area contributed by atoms with E-state index in [9.17, 15) is 10.1 Å². The summed E-state index contributed by atoms with van der Waals surface area (Å²) < 4.78 is 3.16. The summed E-state index contributed by atoms with van der Waals surface area (Å²) in [5.41, 5.74) is 2.68. The first-order valence-electron chi connectivity index (χ1n) is 12.4. The van der Waals surface area contributed by atoms with Crippen molar-refractivity contribution in [1.82, 2.24) is 15.7 Å². The Morgan fingerprint density at radius 1 is 1.18 bits per heavy atom.